The molecule has 0 fully saturated rings. The van der Waals surface area contributed by atoms with E-state index in [9.17, 15) is 22.7 Å². The predicted molar refractivity (Wildman–Crippen MR) is 134 cm³/mol. The molecule has 1 N–H and O–H groups in total. The molecule has 0 heterocycles. The van der Waals surface area contributed by atoms with Gasteiger partial charge < -0.3 is 5.11 Å². The highest BCUT2D eigenvalue weighted by Gasteiger charge is 2.26. The molecule has 35 heavy (non-hydrogen) atoms. The number of phenols is 1. The molecular formula is C28H29F4NOS. The lowest BCUT2D eigenvalue weighted by atomic mass is 9.79. The van der Waals surface area contributed by atoms with E-state index in [1.165, 1.54) is 6.21 Å². The van der Waals surface area contributed by atoms with Crippen molar-refractivity contribution >= 4 is 23.7 Å². The largest absolute Gasteiger partial charge is 0.507 e. The SMILES string of the molecule is Cc1c(F)c(F)c(Sc2ccccc2/N=C/c2cc(C(C)(C)C)cc(C(C)(C)C)c2O)c(F)c1F. The first kappa shape index (κ1) is 26.8. The Morgan fingerprint density at radius 2 is 1.40 bits per heavy atom. The fourth-order valence-corrected chi connectivity index (χ4v) is 4.42. The highest BCUT2D eigenvalue weighted by molar-refractivity contribution is 7.99. The van der Waals surface area contributed by atoms with E-state index in [1.54, 1.807) is 24.3 Å². The number of halogens is 4. The van der Waals surface area contributed by atoms with E-state index in [4.69, 9.17) is 0 Å². The summed E-state index contributed by atoms with van der Waals surface area (Å²) in [5.41, 5.74) is 1.39. The molecule has 0 amide bonds. The molecule has 0 saturated heterocycles. The highest BCUT2D eigenvalue weighted by Crippen LogP contribution is 2.41. The van der Waals surface area contributed by atoms with Crippen molar-refractivity contribution in [3.8, 4) is 5.75 Å². The van der Waals surface area contributed by atoms with Crippen molar-refractivity contribution in [2.45, 2.75) is 69.1 Å². The Balaban J connectivity index is 2.09. The summed E-state index contributed by atoms with van der Waals surface area (Å²) in [6, 6.07) is 10.3. The molecule has 0 bridgehead atoms. The molecule has 0 aromatic heterocycles. The monoisotopic (exact) mass is 503 g/mol. The van der Waals surface area contributed by atoms with E-state index in [1.807, 2.05) is 32.9 Å². The van der Waals surface area contributed by atoms with Gasteiger partial charge in [0.15, 0.2) is 23.3 Å². The number of aromatic hydroxyl groups is 1. The van der Waals surface area contributed by atoms with Crippen LogP contribution in [0.2, 0.25) is 0 Å². The third kappa shape index (κ3) is 5.56. The van der Waals surface area contributed by atoms with Gasteiger partial charge in [-0.15, -0.1) is 0 Å². The van der Waals surface area contributed by atoms with Crippen molar-refractivity contribution in [3.05, 3.63) is 81.9 Å². The van der Waals surface area contributed by atoms with Crippen molar-refractivity contribution in [2.24, 2.45) is 4.99 Å². The molecule has 0 atom stereocenters. The van der Waals surface area contributed by atoms with Crippen molar-refractivity contribution in [1.29, 1.82) is 0 Å². The maximum absolute atomic E-state index is 14.5. The summed E-state index contributed by atoms with van der Waals surface area (Å²) in [5, 5.41) is 11.0. The lowest BCUT2D eigenvalue weighted by Gasteiger charge is -2.27. The van der Waals surface area contributed by atoms with Crippen LogP contribution >= 0.6 is 11.8 Å². The molecule has 3 aromatic carbocycles. The van der Waals surface area contributed by atoms with Gasteiger partial charge in [-0.25, -0.2) is 17.6 Å². The molecule has 186 valence electrons. The summed E-state index contributed by atoms with van der Waals surface area (Å²) in [5.74, 6) is -5.65. The van der Waals surface area contributed by atoms with Crippen LogP contribution < -0.4 is 0 Å². The van der Waals surface area contributed by atoms with Crippen LogP contribution in [-0.4, -0.2) is 11.3 Å². The second kappa shape index (κ2) is 9.69. The smallest absolute Gasteiger partial charge is 0.176 e. The highest BCUT2D eigenvalue weighted by atomic mass is 32.2. The molecule has 0 saturated carbocycles. The van der Waals surface area contributed by atoms with Crippen LogP contribution in [0.15, 0.2) is 51.2 Å². The number of benzene rings is 3. The zero-order valence-corrected chi connectivity index (χ0v) is 21.7. The van der Waals surface area contributed by atoms with Gasteiger partial charge in [0.05, 0.1) is 10.6 Å². The maximum atomic E-state index is 14.5. The molecule has 0 spiro atoms. The van der Waals surface area contributed by atoms with E-state index in [0.717, 1.165) is 18.1 Å². The van der Waals surface area contributed by atoms with E-state index in [-0.39, 0.29) is 16.6 Å². The molecule has 2 nitrogen and oxygen atoms in total. The van der Waals surface area contributed by atoms with E-state index in [0.29, 0.717) is 27.9 Å². The van der Waals surface area contributed by atoms with Crippen molar-refractivity contribution < 1.29 is 22.7 Å². The van der Waals surface area contributed by atoms with Crippen LogP contribution in [0, 0.1) is 30.2 Å². The van der Waals surface area contributed by atoms with Gasteiger partial charge in [0, 0.05) is 27.8 Å². The average molecular weight is 504 g/mol. The summed E-state index contributed by atoms with van der Waals surface area (Å²) in [6.45, 7) is 13.2. The van der Waals surface area contributed by atoms with Gasteiger partial charge in [-0.2, -0.15) is 0 Å². The number of para-hydroxylation sites is 1. The average Bonchev–Trinajstić information content (AvgIpc) is 2.77. The predicted octanol–water partition coefficient (Wildman–Crippen LogP) is 8.75. The van der Waals surface area contributed by atoms with Crippen LogP contribution in [0.25, 0.3) is 0 Å². The summed E-state index contributed by atoms with van der Waals surface area (Å²) in [6.07, 6.45) is 1.49. The molecule has 0 aliphatic carbocycles. The Morgan fingerprint density at radius 3 is 1.94 bits per heavy atom. The van der Waals surface area contributed by atoms with Gasteiger partial charge in [0.2, 0.25) is 0 Å². The van der Waals surface area contributed by atoms with Crippen molar-refractivity contribution in [3.63, 3.8) is 0 Å². The summed E-state index contributed by atoms with van der Waals surface area (Å²) < 4.78 is 57.1. The lowest BCUT2D eigenvalue weighted by Crippen LogP contribution is -2.17. The quantitative estimate of drug-likeness (QED) is 0.219. The van der Waals surface area contributed by atoms with Crippen molar-refractivity contribution in [1.82, 2.24) is 0 Å². The van der Waals surface area contributed by atoms with Crippen LogP contribution in [0.3, 0.4) is 0 Å². The summed E-state index contributed by atoms with van der Waals surface area (Å²) in [4.78, 5) is 3.98. The molecule has 3 rings (SSSR count). The Kier molecular flexibility index (Phi) is 7.42. The van der Waals surface area contributed by atoms with Crippen LogP contribution in [0.5, 0.6) is 5.75 Å². The number of hydrogen-bond acceptors (Lipinski definition) is 3. The van der Waals surface area contributed by atoms with Gasteiger partial charge in [-0.1, -0.05) is 71.5 Å². The molecule has 0 aliphatic rings. The van der Waals surface area contributed by atoms with Gasteiger partial charge in [0.1, 0.15) is 5.75 Å². The van der Waals surface area contributed by atoms with Crippen LogP contribution in [-0.2, 0) is 10.8 Å². The Morgan fingerprint density at radius 1 is 0.829 bits per heavy atom. The fraction of sp³-hybridized carbons (Fsp3) is 0.321. The summed E-state index contributed by atoms with van der Waals surface area (Å²) in [7, 11) is 0. The topological polar surface area (TPSA) is 32.6 Å². The first-order valence-electron chi connectivity index (χ1n) is 11.1. The van der Waals surface area contributed by atoms with Crippen molar-refractivity contribution in [2.75, 3.05) is 0 Å². The number of nitrogens with zero attached hydrogens (tertiary/aromatic N) is 1. The Labute approximate surface area is 208 Å². The van der Waals surface area contributed by atoms with Crippen LogP contribution in [0.1, 0.15) is 63.8 Å². The van der Waals surface area contributed by atoms with Gasteiger partial charge >= 0.3 is 0 Å². The third-order valence-electron chi connectivity index (χ3n) is 5.68. The first-order valence-corrected chi connectivity index (χ1v) is 12.0. The van der Waals surface area contributed by atoms with E-state index in [2.05, 4.69) is 25.8 Å². The summed E-state index contributed by atoms with van der Waals surface area (Å²) >= 11 is 0.552. The third-order valence-corrected chi connectivity index (χ3v) is 6.80. The molecule has 7 heteroatoms. The van der Waals surface area contributed by atoms with Gasteiger partial charge in [-0.3, -0.25) is 4.99 Å². The molecule has 3 aromatic rings. The number of hydrogen-bond donors (Lipinski definition) is 1. The van der Waals surface area contributed by atoms with E-state index >= 15 is 0 Å². The lowest BCUT2D eigenvalue weighted by molar-refractivity contribution is 0.418. The number of aliphatic imine (C=N–C) groups is 1. The Bertz CT molecular complexity index is 1270. The van der Waals surface area contributed by atoms with Gasteiger partial charge in [-0.05, 0) is 41.5 Å². The standard InChI is InChI=1S/C28H29F4NOS/c1-15-21(29)23(31)26(24(32)22(15)30)35-20-11-9-8-10-19(20)33-14-16-12-17(27(2,3)4)13-18(25(16)34)28(5,6)7/h8-14,34H,1-7H3/b33-14+. The molecule has 0 unspecified atom stereocenters. The second-order valence-electron chi connectivity index (χ2n) is 10.5. The first-order chi connectivity index (χ1) is 16.1. The second-order valence-corrected chi connectivity index (χ2v) is 11.6. The normalized spacial score (nSPS) is 12.5. The zero-order chi connectivity index (χ0) is 26.3. The zero-order valence-electron chi connectivity index (χ0n) is 20.9. The minimum atomic E-state index is -1.45. The molecular weight excluding hydrogens is 474 g/mol. The minimum Gasteiger partial charge on any atom is -0.507 e. The molecule has 0 radical (unpaired) electrons. The Hall–Kier alpha value is -2.80. The minimum absolute atomic E-state index is 0.0964. The van der Waals surface area contributed by atoms with Gasteiger partial charge in [0.25, 0.3) is 0 Å². The maximum Gasteiger partial charge on any atom is 0.176 e. The van der Waals surface area contributed by atoms with E-state index < -0.39 is 33.7 Å². The van der Waals surface area contributed by atoms with Crippen LogP contribution in [0.4, 0.5) is 23.2 Å². The molecule has 0 aliphatic heterocycles. The number of rotatable bonds is 4. The fourth-order valence-electron chi connectivity index (χ4n) is 3.47. The number of phenolic OH excluding ortho intramolecular Hbond substituents is 1.